The maximum Gasteiger partial charge on any atom is 0.326 e. The molecule has 0 spiro atoms. The van der Waals surface area contributed by atoms with Crippen LogP contribution < -0.4 is 21.3 Å². The van der Waals surface area contributed by atoms with Crippen molar-refractivity contribution in [3.63, 3.8) is 0 Å². The second kappa shape index (κ2) is 14.4. The summed E-state index contributed by atoms with van der Waals surface area (Å²) < 4.78 is 0. The number of carboxylic acid groups (broad SMARTS) is 1. The van der Waals surface area contributed by atoms with Crippen LogP contribution in [-0.2, 0) is 32.0 Å². The van der Waals surface area contributed by atoms with Crippen LogP contribution in [0.15, 0.2) is 36.8 Å². The molecule has 0 bridgehead atoms. The van der Waals surface area contributed by atoms with Crippen LogP contribution in [0.5, 0.6) is 5.75 Å². The predicted molar refractivity (Wildman–Crippen MR) is 142 cm³/mol. The number of hydrogen-bond acceptors (Lipinski definition) is 8. The number of thioether (sulfide) groups is 1. The van der Waals surface area contributed by atoms with Gasteiger partial charge in [0.05, 0.1) is 12.4 Å². The molecule has 2 heterocycles. The highest BCUT2D eigenvalue weighted by molar-refractivity contribution is 7.98. The molecule has 4 unspecified atom stereocenters. The molecule has 1 fully saturated rings. The van der Waals surface area contributed by atoms with Crippen molar-refractivity contribution in [2.45, 2.75) is 56.3 Å². The Morgan fingerprint density at radius 3 is 2.37 bits per heavy atom. The molecule has 0 radical (unpaired) electrons. The first-order valence-corrected chi connectivity index (χ1v) is 13.8. The van der Waals surface area contributed by atoms with Crippen molar-refractivity contribution in [2.75, 3.05) is 18.6 Å². The Kier molecular flexibility index (Phi) is 11.0. The smallest absolute Gasteiger partial charge is 0.326 e. The molecule has 12 nitrogen and oxygen atoms in total. The van der Waals surface area contributed by atoms with Crippen molar-refractivity contribution in [1.29, 1.82) is 0 Å². The Labute approximate surface area is 224 Å². The zero-order valence-electron chi connectivity index (χ0n) is 21.1. The lowest BCUT2D eigenvalue weighted by molar-refractivity contribution is -0.142. The van der Waals surface area contributed by atoms with Gasteiger partial charge in [-0.05, 0) is 55.5 Å². The Bertz CT molecular complexity index is 1070. The number of phenols is 1. The number of amides is 3. The summed E-state index contributed by atoms with van der Waals surface area (Å²) in [6.07, 6.45) is 6.81. The molecular weight excluding hydrogens is 512 g/mol. The van der Waals surface area contributed by atoms with Gasteiger partial charge in [-0.1, -0.05) is 12.1 Å². The number of hydrogen-bond donors (Lipinski definition) is 7. The molecule has 0 saturated carbocycles. The highest BCUT2D eigenvalue weighted by atomic mass is 32.2. The van der Waals surface area contributed by atoms with Gasteiger partial charge in [0.1, 0.15) is 23.9 Å². The Hall–Kier alpha value is -3.58. The van der Waals surface area contributed by atoms with Crippen molar-refractivity contribution >= 4 is 35.5 Å². The van der Waals surface area contributed by atoms with Gasteiger partial charge in [0.2, 0.25) is 17.7 Å². The molecule has 1 aromatic carbocycles. The van der Waals surface area contributed by atoms with E-state index in [9.17, 15) is 29.4 Å². The fraction of sp³-hybridized carbons (Fsp3) is 0.480. The average molecular weight is 547 g/mol. The average Bonchev–Trinajstić information content (AvgIpc) is 3.61. The quantitative estimate of drug-likeness (QED) is 0.171. The van der Waals surface area contributed by atoms with E-state index in [0.717, 1.165) is 13.0 Å². The van der Waals surface area contributed by atoms with Crippen LogP contribution in [0.2, 0.25) is 0 Å². The minimum atomic E-state index is -1.24. The molecule has 7 N–H and O–H groups in total. The van der Waals surface area contributed by atoms with Crippen LogP contribution in [0.1, 0.15) is 30.5 Å². The van der Waals surface area contributed by atoms with Crippen LogP contribution >= 0.6 is 11.8 Å². The van der Waals surface area contributed by atoms with E-state index < -0.39 is 35.9 Å². The fourth-order valence-electron chi connectivity index (χ4n) is 4.12. The lowest BCUT2D eigenvalue weighted by Gasteiger charge is -2.25. The van der Waals surface area contributed by atoms with Crippen LogP contribution in [0.25, 0.3) is 0 Å². The van der Waals surface area contributed by atoms with E-state index in [0.29, 0.717) is 23.4 Å². The number of carbonyl (C=O) groups is 4. The monoisotopic (exact) mass is 546 g/mol. The van der Waals surface area contributed by atoms with E-state index in [4.69, 9.17) is 0 Å². The molecule has 206 valence electrons. The number of aliphatic carboxylic acids is 1. The Morgan fingerprint density at radius 2 is 1.76 bits per heavy atom. The van der Waals surface area contributed by atoms with Gasteiger partial charge >= 0.3 is 5.97 Å². The van der Waals surface area contributed by atoms with E-state index in [2.05, 4.69) is 31.2 Å². The zero-order chi connectivity index (χ0) is 27.5. The summed E-state index contributed by atoms with van der Waals surface area (Å²) in [5.41, 5.74) is 1.25. The van der Waals surface area contributed by atoms with Crippen LogP contribution in [0, 0.1) is 0 Å². The van der Waals surface area contributed by atoms with Crippen molar-refractivity contribution in [3.8, 4) is 5.75 Å². The van der Waals surface area contributed by atoms with Gasteiger partial charge in [0.25, 0.3) is 0 Å². The summed E-state index contributed by atoms with van der Waals surface area (Å²) in [5.74, 6) is -2.13. The maximum atomic E-state index is 13.3. The molecule has 4 atom stereocenters. The summed E-state index contributed by atoms with van der Waals surface area (Å²) in [6.45, 7) is 0.724. The lowest BCUT2D eigenvalue weighted by Crippen LogP contribution is -2.57. The van der Waals surface area contributed by atoms with Crippen molar-refractivity contribution in [2.24, 2.45) is 0 Å². The molecule has 2 aromatic rings. The maximum absolute atomic E-state index is 13.3. The molecule has 0 aliphatic carbocycles. The summed E-state index contributed by atoms with van der Waals surface area (Å²) in [6, 6.07) is 2.41. The highest BCUT2D eigenvalue weighted by Gasteiger charge is 2.31. The molecule has 1 saturated heterocycles. The number of benzene rings is 1. The van der Waals surface area contributed by atoms with E-state index in [1.54, 1.807) is 18.3 Å². The van der Waals surface area contributed by atoms with Crippen LogP contribution in [0.3, 0.4) is 0 Å². The molecule has 3 amide bonds. The van der Waals surface area contributed by atoms with Gasteiger partial charge in [0.15, 0.2) is 0 Å². The van der Waals surface area contributed by atoms with Crippen molar-refractivity contribution in [1.82, 2.24) is 31.2 Å². The SMILES string of the molecule is CSCCC(NC(=O)C(Cc1cnc[nH]1)NC(=O)C1CCCN1)C(=O)NC(Cc1ccc(O)cc1)C(=O)O. The number of nitrogens with zero attached hydrogens (tertiary/aromatic N) is 1. The van der Waals surface area contributed by atoms with E-state index in [1.165, 1.54) is 30.2 Å². The molecular formula is C25H34N6O6S. The predicted octanol–water partition coefficient (Wildman–Crippen LogP) is -0.0554. The zero-order valence-corrected chi connectivity index (χ0v) is 21.9. The topological polar surface area (TPSA) is 186 Å². The number of H-pyrrole nitrogens is 1. The van der Waals surface area contributed by atoms with Gasteiger partial charge in [-0.15, -0.1) is 0 Å². The fourth-order valence-corrected chi connectivity index (χ4v) is 4.59. The second-order valence-electron chi connectivity index (χ2n) is 9.10. The molecule has 1 aliphatic rings. The third kappa shape index (κ3) is 8.77. The van der Waals surface area contributed by atoms with Crippen molar-refractivity contribution in [3.05, 3.63) is 48.0 Å². The molecule has 3 rings (SSSR count). The summed E-state index contributed by atoms with van der Waals surface area (Å²) in [7, 11) is 0. The number of aromatic hydroxyl groups is 1. The lowest BCUT2D eigenvalue weighted by atomic mass is 10.0. The third-order valence-electron chi connectivity index (χ3n) is 6.22. The minimum Gasteiger partial charge on any atom is -0.508 e. The van der Waals surface area contributed by atoms with Gasteiger partial charge in [-0.2, -0.15) is 11.8 Å². The molecule has 1 aromatic heterocycles. The van der Waals surface area contributed by atoms with Gasteiger partial charge < -0.3 is 36.5 Å². The van der Waals surface area contributed by atoms with Crippen LogP contribution in [-0.4, -0.2) is 86.6 Å². The first-order valence-electron chi connectivity index (χ1n) is 12.4. The molecule has 13 heteroatoms. The summed E-state index contributed by atoms with van der Waals surface area (Å²) >= 11 is 1.48. The van der Waals surface area contributed by atoms with Gasteiger partial charge in [0, 0.05) is 24.7 Å². The normalized spacial score (nSPS) is 17.2. The molecule has 38 heavy (non-hydrogen) atoms. The number of aromatic nitrogens is 2. The number of carbonyl (C=O) groups excluding carboxylic acids is 3. The Balaban J connectivity index is 1.71. The number of imidazole rings is 1. The highest BCUT2D eigenvalue weighted by Crippen LogP contribution is 2.12. The van der Waals surface area contributed by atoms with E-state index in [-0.39, 0.29) is 37.0 Å². The number of phenolic OH excluding ortho intramolecular Hbond substituents is 1. The summed E-state index contributed by atoms with van der Waals surface area (Å²) in [5, 5.41) is 30.3. The van der Waals surface area contributed by atoms with Crippen LogP contribution in [0.4, 0.5) is 0 Å². The van der Waals surface area contributed by atoms with E-state index >= 15 is 0 Å². The van der Waals surface area contributed by atoms with Gasteiger partial charge in [-0.25, -0.2) is 9.78 Å². The Morgan fingerprint density at radius 1 is 1.05 bits per heavy atom. The number of carboxylic acids is 1. The largest absolute Gasteiger partial charge is 0.508 e. The van der Waals surface area contributed by atoms with Gasteiger partial charge in [-0.3, -0.25) is 14.4 Å². The number of nitrogens with one attached hydrogen (secondary N) is 5. The molecule has 1 aliphatic heterocycles. The number of rotatable bonds is 14. The standard InChI is InChI=1S/C25H34N6O6S/c1-38-10-8-19(23(34)31-21(25(36)37)11-15-4-6-17(32)7-5-15)29-24(35)20(12-16-13-26-14-28-16)30-22(33)18-3-2-9-27-18/h4-7,13-14,18-21,27,32H,2-3,8-12H2,1H3,(H,26,28)(H,29,35)(H,30,33)(H,31,34)(H,36,37). The minimum absolute atomic E-state index is 0.00254. The third-order valence-corrected chi connectivity index (χ3v) is 6.87. The second-order valence-corrected chi connectivity index (χ2v) is 10.1. The summed E-state index contributed by atoms with van der Waals surface area (Å²) in [4.78, 5) is 58.0. The van der Waals surface area contributed by atoms with E-state index in [1.807, 2.05) is 6.26 Å². The number of aromatic amines is 1. The first-order chi connectivity index (χ1) is 18.3. The van der Waals surface area contributed by atoms with Crippen molar-refractivity contribution < 1.29 is 29.4 Å². The first kappa shape index (κ1) is 29.0.